The van der Waals surface area contributed by atoms with E-state index < -0.39 is 11.1 Å². The first-order chi connectivity index (χ1) is 15.5. The van der Waals surface area contributed by atoms with Crippen LogP contribution in [0.1, 0.15) is 18.3 Å². The number of benzene rings is 3. The molecule has 32 heavy (non-hydrogen) atoms. The molecule has 0 saturated heterocycles. The van der Waals surface area contributed by atoms with Crippen LogP contribution in [-0.2, 0) is 11.2 Å². The lowest BCUT2D eigenvalue weighted by Gasteiger charge is -2.14. The summed E-state index contributed by atoms with van der Waals surface area (Å²) in [5, 5.41) is 11.8. The maximum atomic E-state index is 13.3. The molecule has 1 heterocycles. The topological polar surface area (TPSA) is 59.8 Å². The van der Waals surface area contributed by atoms with Gasteiger partial charge in [-0.15, -0.1) is 10.2 Å². The van der Waals surface area contributed by atoms with Crippen molar-refractivity contribution >= 4 is 35.0 Å². The number of nitrogens with one attached hydrogen (secondary N) is 1. The molecule has 0 aliphatic carbocycles. The largest absolute Gasteiger partial charge is 0.324 e. The van der Waals surface area contributed by atoms with Gasteiger partial charge in [-0.25, -0.2) is 4.39 Å². The molecule has 1 aromatic heterocycles. The summed E-state index contributed by atoms with van der Waals surface area (Å²) in [4.78, 5) is 12.8. The number of aromatic nitrogens is 3. The van der Waals surface area contributed by atoms with Crippen LogP contribution in [0.25, 0.3) is 5.69 Å². The summed E-state index contributed by atoms with van der Waals surface area (Å²) in [6.45, 7) is 1.78. The van der Waals surface area contributed by atoms with Crippen LogP contribution >= 0.6 is 23.4 Å². The number of anilines is 1. The van der Waals surface area contributed by atoms with Gasteiger partial charge in [0.15, 0.2) is 5.16 Å². The van der Waals surface area contributed by atoms with Gasteiger partial charge in [-0.05, 0) is 42.8 Å². The van der Waals surface area contributed by atoms with E-state index in [1.807, 2.05) is 65.2 Å². The number of carbonyl (C=O) groups excluding carboxylic acids is 1. The highest BCUT2D eigenvalue weighted by atomic mass is 35.5. The fraction of sp³-hybridized carbons (Fsp3) is 0.125. The van der Waals surface area contributed by atoms with E-state index in [-0.39, 0.29) is 10.9 Å². The monoisotopic (exact) mass is 466 g/mol. The van der Waals surface area contributed by atoms with Crippen LogP contribution in [0.3, 0.4) is 0 Å². The third-order valence-electron chi connectivity index (χ3n) is 4.76. The molecule has 4 rings (SSSR count). The van der Waals surface area contributed by atoms with Gasteiger partial charge in [0.25, 0.3) is 0 Å². The fourth-order valence-corrected chi connectivity index (χ4v) is 4.24. The number of rotatable bonds is 7. The molecular weight excluding hydrogens is 447 g/mol. The maximum Gasteiger partial charge on any atom is 0.237 e. The first-order valence-electron chi connectivity index (χ1n) is 9.97. The highest BCUT2D eigenvalue weighted by molar-refractivity contribution is 8.00. The van der Waals surface area contributed by atoms with Gasteiger partial charge in [0.05, 0.1) is 16.0 Å². The van der Waals surface area contributed by atoms with Crippen molar-refractivity contribution in [3.05, 3.63) is 101 Å². The van der Waals surface area contributed by atoms with Crippen molar-refractivity contribution in [2.45, 2.75) is 23.8 Å². The third-order valence-corrected chi connectivity index (χ3v) is 6.12. The van der Waals surface area contributed by atoms with Crippen molar-refractivity contribution in [3.63, 3.8) is 0 Å². The predicted molar refractivity (Wildman–Crippen MR) is 126 cm³/mol. The first kappa shape index (κ1) is 22.0. The standard InChI is InChI=1S/C24H20ClFN4OS/c1-16(23(31)27-21-13-12-18(26)15-20(21)25)32-24-29-28-22(14-17-8-4-2-5-9-17)30(24)19-10-6-3-7-11-19/h2-13,15-16H,14H2,1H3,(H,27,31). The molecule has 1 N–H and O–H groups in total. The van der Waals surface area contributed by atoms with Crippen molar-refractivity contribution in [1.29, 1.82) is 0 Å². The SMILES string of the molecule is CC(Sc1nnc(Cc2ccccc2)n1-c1ccccc1)C(=O)Nc1ccc(F)cc1Cl. The van der Waals surface area contributed by atoms with E-state index >= 15 is 0 Å². The molecule has 4 aromatic rings. The minimum atomic E-state index is -0.493. The molecular formula is C24H20ClFN4OS. The number of nitrogens with zero attached hydrogens (tertiary/aromatic N) is 3. The number of thioether (sulfide) groups is 1. The maximum absolute atomic E-state index is 13.3. The zero-order chi connectivity index (χ0) is 22.5. The number of para-hydroxylation sites is 1. The molecule has 3 aromatic carbocycles. The number of halogens is 2. The molecule has 0 radical (unpaired) electrons. The highest BCUT2D eigenvalue weighted by Gasteiger charge is 2.22. The molecule has 0 aliphatic heterocycles. The summed E-state index contributed by atoms with van der Waals surface area (Å²) < 4.78 is 15.2. The van der Waals surface area contributed by atoms with E-state index in [4.69, 9.17) is 11.6 Å². The summed E-state index contributed by atoms with van der Waals surface area (Å²) in [5.41, 5.74) is 2.39. The van der Waals surface area contributed by atoms with Crippen LogP contribution in [0.5, 0.6) is 0 Å². The van der Waals surface area contributed by atoms with Crippen molar-refractivity contribution in [2.75, 3.05) is 5.32 Å². The number of carbonyl (C=O) groups is 1. The van der Waals surface area contributed by atoms with Crippen molar-refractivity contribution in [1.82, 2.24) is 14.8 Å². The molecule has 8 heteroatoms. The Hall–Kier alpha value is -3.16. The van der Waals surface area contributed by atoms with Crippen LogP contribution in [0, 0.1) is 5.82 Å². The Kier molecular flexibility index (Phi) is 6.87. The minimum Gasteiger partial charge on any atom is -0.324 e. The molecule has 0 saturated carbocycles. The zero-order valence-electron chi connectivity index (χ0n) is 17.2. The van der Waals surface area contributed by atoms with Crippen LogP contribution in [-0.4, -0.2) is 25.9 Å². The molecule has 0 bridgehead atoms. The lowest BCUT2D eigenvalue weighted by Crippen LogP contribution is -2.23. The van der Waals surface area contributed by atoms with Gasteiger partial charge in [0.2, 0.25) is 5.91 Å². The summed E-state index contributed by atoms with van der Waals surface area (Å²) >= 11 is 7.33. The molecule has 0 aliphatic rings. The Balaban J connectivity index is 1.58. The van der Waals surface area contributed by atoms with Gasteiger partial charge in [0.1, 0.15) is 11.6 Å². The van der Waals surface area contributed by atoms with Crippen molar-refractivity contribution in [2.24, 2.45) is 0 Å². The number of amides is 1. The summed E-state index contributed by atoms with van der Waals surface area (Å²) in [6.07, 6.45) is 0.606. The Morgan fingerprint density at radius 1 is 1.06 bits per heavy atom. The molecule has 1 atom stereocenters. The smallest absolute Gasteiger partial charge is 0.237 e. The second kappa shape index (κ2) is 9.97. The van der Waals surface area contributed by atoms with Crippen molar-refractivity contribution < 1.29 is 9.18 Å². The predicted octanol–water partition coefficient (Wildman–Crippen LogP) is 5.77. The normalized spacial score (nSPS) is 11.8. The lowest BCUT2D eigenvalue weighted by atomic mass is 10.1. The van der Waals surface area contributed by atoms with Crippen LogP contribution < -0.4 is 5.32 Å². The highest BCUT2D eigenvalue weighted by Crippen LogP contribution is 2.28. The molecule has 1 amide bonds. The van der Waals surface area contributed by atoms with Gasteiger partial charge < -0.3 is 5.32 Å². The fourth-order valence-electron chi connectivity index (χ4n) is 3.14. The quantitative estimate of drug-likeness (QED) is 0.351. The first-order valence-corrected chi connectivity index (χ1v) is 11.2. The summed E-state index contributed by atoms with van der Waals surface area (Å²) in [6, 6.07) is 23.7. The average molecular weight is 467 g/mol. The third kappa shape index (κ3) is 5.18. The van der Waals surface area contributed by atoms with Crippen LogP contribution in [0.15, 0.2) is 84.0 Å². The zero-order valence-corrected chi connectivity index (χ0v) is 18.8. The van der Waals surface area contributed by atoms with E-state index in [2.05, 4.69) is 15.5 Å². The van der Waals surface area contributed by atoms with E-state index in [1.165, 1.54) is 23.9 Å². The second-order valence-electron chi connectivity index (χ2n) is 7.11. The second-order valence-corrected chi connectivity index (χ2v) is 8.82. The number of hydrogen-bond acceptors (Lipinski definition) is 4. The van der Waals surface area contributed by atoms with Crippen LogP contribution in [0.4, 0.5) is 10.1 Å². The number of hydrogen-bond donors (Lipinski definition) is 1. The van der Waals surface area contributed by atoms with Gasteiger partial charge in [0, 0.05) is 12.1 Å². The Bertz CT molecular complexity index is 1220. The van der Waals surface area contributed by atoms with E-state index in [0.717, 1.165) is 23.1 Å². The molecule has 162 valence electrons. The van der Waals surface area contributed by atoms with Gasteiger partial charge >= 0.3 is 0 Å². The average Bonchev–Trinajstić information content (AvgIpc) is 3.18. The van der Waals surface area contributed by atoms with E-state index in [9.17, 15) is 9.18 Å². The van der Waals surface area contributed by atoms with Gasteiger partial charge in [-0.2, -0.15) is 0 Å². The van der Waals surface area contributed by atoms with E-state index in [1.54, 1.807) is 6.92 Å². The van der Waals surface area contributed by atoms with E-state index in [0.29, 0.717) is 17.3 Å². The minimum absolute atomic E-state index is 0.146. The van der Waals surface area contributed by atoms with Crippen LogP contribution in [0.2, 0.25) is 5.02 Å². The molecule has 0 fully saturated rings. The Morgan fingerprint density at radius 2 is 1.75 bits per heavy atom. The summed E-state index contributed by atoms with van der Waals surface area (Å²) in [7, 11) is 0. The molecule has 1 unspecified atom stereocenters. The van der Waals surface area contributed by atoms with Gasteiger partial charge in [-0.1, -0.05) is 71.9 Å². The molecule has 0 spiro atoms. The lowest BCUT2D eigenvalue weighted by molar-refractivity contribution is -0.115. The Labute approximate surface area is 194 Å². The molecule has 5 nitrogen and oxygen atoms in total. The van der Waals surface area contributed by atoms with Crippen molar-refractivity contribution in [3.8, 4) is 5.69 Å². The summed E-state index contributed by atoms with van der Waals surface area (Å²) in [5.74, 6) is 0.0483. The Morgan fingerprint density at radius 3 is 2.44 bits per heavy atom. The van der Waals surface area contributed by atoms with Gasteiger partial charge in [-0.3, -0.25) is 9.36 Å².